The molecule has 0 spiro atoms. The van der Waals surface area contributed by atoms with Crippen molar-refractivity contribution in [2.75, 3.05) is 18.0 Å². The van der Waals surface area contributed by atoms with Crippen LogP contribution in [-0.4, -0.2) is 34.1 Å². The van der Waals surface area contributed by atoms with E-state index in [9.17, 15) is 0 Å². The Morgan fingerprint density at radius 2 is 1.68 bits per heavy atom. The maximum absolute atomic E-state index is 5.93. The van der Waals surface area contributed by atoms with Crippen molar-refractivity contribution in [3.05, 3.63) is 43.0 Å². The highest BCUT2D eigenvalue weighted by Crippen LogP contribution is 2.20. The van der Waals surface area contributed by atoms with Gasteiger partial charge in [0.05, 0.1) is 0 Å². The van der Waals surface area contributed by atoms with Crippen molar-refractivity contribution in [3.8, 4) is 5.75 Å². The fourth-order valence-electron chi connectivity index (χ4n) is 2.24. The molecule has 0 amide bonds. The van der Waals surface area contributed by atoms with Gasteiger partial charge in [-0.15, -0.1) is 0 Å². The molecule has 2 aromatic heterocycles. The second-order valence-corrected chi connectivity index (χ2v) is 4.54. The number of rotatable bonds is 3. The lowest BCUT2D eigenvalue weighted by Crippen LogP contribution is -2.39. The Balaban J connectivity index is 1.55. The third-order valence-corrected chi connectivity index (χ3v) is 3.23. The van der Waals surface area contributed by atoms with Gasteiger partial charge in [0.2, 0.25) is 5.95 Å². The van der Waals surface area contributed by atoms with Gasteiger partial charge >= 0.3 is 0 Å². The van der Waals surface area contributed by atoms with Crippen LogP contribution in [0.5, 0.6) is 5.75 Å². The number of pyridine rings is 1. The molecule has 0 saturated carbocycles. The molecule has 0 unspecified atom stereocenters. The Morgan fingerprint density at radius 3 is 2.37 bits per heavy atom. The van der Waals surface area contributed by atoms with E-state index in [1.807, 2.05) is 18.2 Å². The molecule has 1 saturated heterocycles. The molecule has 0 atom stereocenters. The van der Waals surface area contributed by atoms with Crippen molar-refractivity contribution >= 4 is 5.95 Å². The SMILES string of the molecule is c1cnc(N2CCC(Oc3ccncc3)CC2)nc1. The Morgan fingerprint density at radius 1 is 1.00 bits per heavy atom. The minimum absolute atomic E-state index is 0.266. The van der Waals surface area contributed by atoms with Gasteiger partial charge < -0.3 is 9.64 Å². The fraction of sp³-hybridized carbons (Fsp3) is 0.357. The molecule has 98 valence electrons. The van der Waals surface area contributed by atoms with Gasteiger partial charge in [0.25, 0.3) is 0 Å². The minimum atomic E-state index is 0.266. The zero-order valence-electron chi connectivity index (χ0n) is 10.6. The maximum atomic E-state index is 5.93. The largest absolute Gasteiger partial charge is 0.490 e. The van der Waals surface area contributed by atoms with Gasteiger partial charge in [-0.1, -0.05) is 0 Å². The molecule has 0 bridgehead atoms. The number of ether oxygens (including phenoxy) is 1. The average molecular weight is 256 g/mol. The van der Waals surface area contributed by atoms with Crippen LogP contribution in [0.3, 0.4) is 0 Å². The second kappa shape index (κ2) is 5.65. The molecule has 0 aromatic carbocycles. The standard InChI is InChI=1S/C14H16N4O/c1-6-16-14(17-7-1)18-10-4-13(5-11-18)19-12-2-8-15-9-3-12/h1-3,6-9,13H,4-5,10-11H2. The number of hydrogen-bond donors (Lipinski definition) is 0. The first-order chi connectivity index (χ1) is 9.42. The van der Waals surface area contributed by atoms with E-state index in [1.54, 1.807) is 24.8 Å². The lowest BCUT2D eigenvalue weighted by Gasteiger charge is -2.32. The highest BCUT2D eigenvalue weighted by molar-refractivity contribution is 5.29. The third kappa shape index (κ3) is 2.99. The fourth-order valence-corrected chi connectivity index (χ4v) is 2.24. The molecule has 2 aromatic rings. The Hall–Kier alpha value is -2.17. The molecule has 0 radical (unpaired) electrons. The minimum Gasteiger partial charge on any atom is -0.490 e. The van der Waals surface area contributed by atoms with E-state index in [-0.39, 0.29) is 6.10 Å². The molecule has 5 heteroatoms. The molecule has 19 heavy (non-hydrogen) atoms. The van der Waals surface area contributed by atoms with Crippen LogP contribution in [0.2, 0.25) is 0 Å². The van der Waals surface area contributed by atoms with Crippen molar-refractivity contribution in [2.45, 2.75) is 18.9 Å². The van der Waals surface area contributed by atoms with Crippen LogP contribution in [0.25, 0.3) is 0 Å². The van der Waals surface area contributed by atoms with E-state index in [0.29, 0.717) is 0 Å². The first kappa shape index (κ1) is 11.9. The monoisotopic (exact) mass is 256 g/mol. The van der Waals surface area contributed by atoms with Gasteiger partial charge in [-0.2, -0.15) is 0 Å². The van der Waals surface area contributed by atoms with Crippen molar-refractivity contribution in [1.82, 2.24) is 15.0 Å². The van der Waals surface area contributed by atoms with Gasteiger partial charge in [0, 0.05) is 50.7 Å². The molecule has 5 nitrogen and oxygen atoms in total. The highest BCUT2D eigenvalue weighted by Gasteiger charge is 2.21. The normalized spacial score (nSPS) is 16.3. The summed E-state index contributed by atoms with van der Waals surface area (Å²) in [6.45, 7) is 1.86. The Bertz CT molecular complexity index is 497. The quantitative estimate of drug-likeness (QED) is 0.839. The van der Waals surface area contributed by atoms with Gasteiger partial charge in [0.1, 0.15) is 11.9 Å². The molecular weight excluding hydrogens is 240 g/mol. The van der Waals surface area contributed by atoms with Crippen molar-refractivity contribution < 1.29 is 4.74 Å². The third-order valence-electron chi connectivity index (χ3n) is 3.23. The van der Waals surface area contributed by atoms with Crippen LogP contribution in [0, 0.1) is 0 Å². The van der Waals surface area contributed by atoms with Gasteiger partial charge in [-0.3, -0.25) is 4.98 Å². The first-order valence-electron chi connectivity index (χ1n) is 6.50. The van der Waals surface area contributed by atoms with Crippen LogP contribution >= 0.6 is 0 Å². The van der Waals surface area contributed by atoms with Crippen LogP contribution in [0.4, 0.5) is 5.95 Å². The van der Waals surface area contributed by atoms with E-state index < -0.39 is 0 Å². The van der Waals surface area contributed by atoms with Gasteiger partial charge in [-0.05, 0) is 18.2 Å². The number of anilines is 1. The van der Waals surface area contributed by atoms with Gasteiger partial charge in [-0.25, -0.2) is 9.97 Å². The van der Waals surface area contributed by atoms with Crippen molar-refractivity contribution in [3.63, 3.8) is 0 Å². The van der Waals surface area contributed by atoms with Crippen LogP contribution in [-0.2, 0) is 0 Å². The summed E-state index contributed by atoms with van der Waals surface area (Å²) < 4.78 is 5.93. The van der Waals surface area contributed by atoms with E-state index in [2.05, 4.69) is 19.9 Å². The summed E-state index contributed by atoms with van der Waals surface area (Å²) in [5.74, 6) is 1.70. The molecule has 3 heterocycles. The molecule has 3 rings (SSSR count). The van der Waals surface area contributed by atoms with E-state index in [4.69, 9.17) is 4.74 Å². The lowest BCUT2D eigenvalue weighted by molar-refractivity contribution is 0.170. The number of nitrogens with zero attached hydrogens (tertiary/aromatic N) is 4. The average Bonchev–Trinajstić information content (AvgIpc) is 2.50. The second-order valence-electron chi connectivity index (χ2n) is 4.54. The van der Waals surface area contributed by atoms with Crippen molar-refractivity contribution in [2.24, 2.45) is 0 Å². The number of hydrogen-bond acceptors (Lipinski definition) is 5. The molecule has 0 N–H and O–H groups in total. The smallest absolute Gasteiger partial charge is 0.225 e. The maximum Gasteiger partial charge on any atom is 0.225 e. The summed E-state index contributed by atoms with van der Waals surface area (Å²) >= 11 is 0. The summed E-state index contributed by atoms with van der Waals surface area (Å²) in [6.07, 6.45) is 9.30. The summed E-state index contributed by atoms with van der Waals surface area (Å²) in [5.41, 5.74) is 0. The number of piperidine rings is 1. The molecule has 1 aliphatic rings. The number of aromatic nitrogens is 3. The predicted molar refractivity (Wildman–Crippen MR) is 72.1 cm³/mol. The lowest BCUT2D eigenvalue weighted by atomic mass is 10.1. The van der Waals surface area contributed by atoms with E-state index in [0.717, 1.165) is 37.6 Å². The summed E-state index contributed by atoms with van der Waals surface area (Å²) in [4.78, 5) is 14.7. The summed E-state index contributed by atoms with van der Waals surface area (Å²) in [5, 5.41) is 0. The summed E-state index contributed by atoms with van der Waals surface area (Å²) in [6, 6.07) is 5.63. The van der Waals surface area contributed by atoms with Crippen LogP contribution < -0.4 is 9.64 Å². The van der Waals surface area contributed by atoms with E-state index in [1.165, 1.54) is 0 Å². The zero-order valence-corrected chi connectivity index (χ0v) is 10.6. The molecule has 0 aliphatic carbocycles. The van der Waals surface area contributed by atoms with Crippen molar-refractivity contribution in [1.29, 1.82) is 0 Å². The van der Waals surface area contributed by atoms with Crippen LogP contribution in [0.1, 0.15) is 12.8 Å². The van der Waals surface area contributed by atoms with Gasteiger partial charge in [0.15, 0.2) is 0 Å². The first-order valence-corrected chi connectivity index (χ1v) is 6.50. The topological polar surface area (TPSA) is 51.1 Å². The predicted octanol–water partition coefficient (Wildman–Crippen LogP) is 1.92. The summed E-state index contributed by atoms with van der Waals surface area (Å²) in [7, 11) is 0. The van der Waals surface area contributed by atoms with Crippen LogP contribution in [0.15, 0.2) is 43.0 Å². The molecule has 1 fully saturated rings. The molecule has 1 aliphatic heterocycles. The highest BCUT2D eigenvalue weighted by atomic mass is 16.5. The molecular formula is C14H16N4O. The Labute approximate surface area is 112 Å². The van der Waals surface area contributed by atoms with E-state index >= 15 is 0 Å². The Kier molecular flexibility index (Phi) is 3.54. The zero-order chi connectivity index (χ0) is 12.9.